The number of carbonyl (C=O) groups excluding carboxylic acids is 1. The number of halogens is 3. The van der Waals surface area contributed by atoms with E-state index >= 15 is 0 Å². The van der Waals surface area contributed by atoms with Crippen LogP contribution in [0.5, 0.6) is 5.75 Å². The Balaban J connectivity index is 2.07. The SMILES string of the molecule is Cc1ccc(NC(=O)c2ccc(OC(F)F)cc2)cc1Cl. The molecule has 3 nitrogen and oxygen atoms in total. The molecule has 0 aliphatic carbocycles. The monoisotopic (exact) mass is 311 g/mol. The molecule has 0 atom stereocenters. The van der Waals surface area contributed by atoms with Crippen LogP contribution < -0.4 is 10.1 Å². The highest BCUT2D eigenvalue weighted by molar-refractivity contribution is 6.31. The number of anilines is 1. The van der Waals surface area contributed by atoms with Crippen LogP contribution in [-0.4, -0.2) is 12.5 Å². The van der Waals surface area contributed by atoms with Crippen molar-refractivity contribution in [2.75, 3.05) is 5.32 Å². The normalized spacial score (nSPS) is 10.5. The number of amides is 1. The quantitative estimate of drug-likeness (QED) is 0.902. The second-order valence-electron chi connectivity index (χ2n) is 4.32. The Bertz CT molecular complexity index is 645. The zero-order valence-electron chi connectivity index (χ0n) is 11.1. The van der Waals surface area contributed by atoms with Crippen LogP contribution in [0.3, 0.4) is 0 Å². The predicted molar refractivity (Wildman–Crippen MR) is 77.2 cm³/mol. The van der Waals surface area contributed by atoms with E-state index in [1.165, 1.54) is 24.3 Å². The molecule has 0 heterocycles. The lowest BCUT2D eigenvalue weighted by molar-refractivity contribution is -0.0498. The molecule has 0 saturated carbocycles. The molecule has 0 saturated heterocycles. The number of aryl methyl sites for hydroxylation is 1. The molecule has 0 bridgehead atoms. The minimum atomic E-state index is -2.89. The van der Waals surface area contributed by atoms with E-state index in [2.05, 4.69) is 10.1 Å². The van der Waals surface area contributed by atoms with Gasteiger partial charge in [-0.25, -0.2) is 0 Å². The van der Waals surface area contributed by atoms with Crippen molar-refractivity contribution >= 4 is 23.2 Å². The van der Waals surface area contributed by atoms with E-state index in [9.17, 15) is 13.6 Å². The molecule has 0 spiro atoms. The Labute approximate surface area is 125 Å². The van der Waals surface area contributed by atoms with Crippen molar-refractivity contribution in [2.45, 2.75) is 13.5 Å². The molecule has 1 N–H and O–H groups in total. The van der Waals surface area contributed by atoms with Crippen molar-refractivity contribution in [3.63, 3.8) is 0 Å². The average molecular weight is 312 g/mol. The van der Waals surface area contributed by atoms with Crippen LogP contribution in [0.15, 0.2) is 42.5 Å². The van der Waals surface area contributed by atoms with Gasteiger partial charge in [-0.15, -0.1) is 0 Å². The molecule has 2 rings (SSSR count). The molecular formula is C15H12ClF2NO2. The molecule has 0 aromatic heterocycles. The van der Waals surface area contributed by atoms with E-state index in [4.69, 9.17) is 11.6 Å². The zero-order chi connectivity index (χ0) is 15.4. The lowest BCUT2D eigenvalue weighted by Gasteiger charge is -2.08. The number of nitrogens with one attached hydrogen (secondary N) is 1. The molecule has 0 radical (unpaired) electrons. The van der Waals surface area contributed by atoms with Gasteiger partial charge in [0.05, 0.1) is 0 Å². The van der Waals surface area contributed by atoms with E-state index in [0.29, 0.717) is 16.3 Å². The Morgan fingerprint density at radius 1 is 1.19 bits per heavy atom. The van der Waals surface area contributed by atoms with E-state index in [1.807, 2.05) is 6.92 Å². The molecule has 0 fully saturated rings. The first-order chi connectivity index (χ1) is 9.95. The number of rotatable bonds is 4. The highest BCUT2D eigenvalue weighted by Gasteiger charge is 2.09. The van der Waals surface area contributed by atoms with Gasteiger partial charge in [-0.05, 0) is 48.9 Å². The first kappa shape index (κ1) is 15.3. The Hall–Kier alpha value is -2.14. The van der Waals surface area contributed by atoms with Crippen LogP contribution in [0.4, 0.5) is 14.5 Å². The van der Waals surface area contributed by atoms with Crippen LogP contribution in [0.25, 0.3) is 0 Å². The van der Waals surface area contributed by atoms with Crippen molar-refractivity contribution < 1.29 is 18.3 Å². The molecule has 0 aliphatic heterocycles. The van der Waals surface area contributed by atoms with Gasteiger partial charge in [0.25, 0.3) is 5.91 Å². The maximum atomic E-state index is 12.0. The molecular weight excluding hydrogens is 300 g/mol. The molecule has 6 heteroatoms. The topological polar surface area (TPSA) is 38.3 Å². The highest BCUT2D eigenvalue weighted by Crippen LogP contribution is 2.21. The third-order valence-electron chi connectivity index (χ3n) is 2.77. The fraction of sp³-hybridized carbons (Fsp3) is 0.133. The van der Waals surface area contributed by atoms with Crippen LogP contribution in [-0.2, 0) is 0 Å². The van der Waals surface area contributed by atoms with Gasteiger partial charge in [0.1, 0.15) is 5.75 Å². The summed E-state index contributed by atoms with van der Waals surface area (Å²) in [6.07, 6.45) is 0. The summed E-state index contributed by atoms with van der Waals surface area (Å²) < 4.78 is 28.3. The molecule has 2 aromatic rings. The van der Waals surface area contributed by atoms with Gasteiger partial charge in [0.15, 0.2) is 0 Å². The third kappa shape index (κ3) is 4.16. The van der Waals surface area contributed by atoms with Crippen molar-refractivity contribution in [2.24, 2.45) is 0 Å². The van der Waals surface area contributed by atoms with Crippen LogP contribution in [0.2, 0.25) is 5.02 Å². The molecule has 1 amide bonds. The number of hydrogen-bond acceptors (Lipinski definition) is 2. The first-order valence-electron chi connectivity index (χ1n) is 6.08. The lowest BCUT2D eigenvalue weighted by Crippen LogP contribution is -2.12. The highest BCUT2D eigenvalue weighted by atomic mass is 35.5. The summed E-state index contributed by atoms with van der Waals surface area (Å²) in [7, 11) is 0. The molecule has 110 valence electrons. The minimum absolute atomic E-state index is 0.0000645. The Morgan fingerprint density at radius 3 is 2.43 bits per heavy atom. The molecule has 0 aliphatic rings. The minimum Gasteiger partial charge on any atom is -0.435 e. The van der Waals surface area contributed by atoms with Gasteiger partial charge >= 0.3 is 6.61 Å². The van der Waals surface area contributed by atoms with Crippen molar-refractivity contribution in [3.05, 3.63) is 58.6 Å². The Morgan fingerprint density at radius 2 is 1.86 bits per heavy atom. The number of alkyl halides is 2. The average Bonchev–Trinajstić information content (AvgIpc) is 2.43. The molecule has 2 aromatic carbocycles. The number of benzene rings is 2. The summed E-state index contributed by atoms with van der Waals surface area (Å²) >= 11 is 5.97. The summed E-state index contributed by atoms with van der Waals surface area (Å²) in [6.45, 7) is -1.03. The smallest absolute Gasteiger partial charge is 0.387 e. The van der Waals surface area contributed by atoms with Crippen LogP contribution >= 0.6 is 11.6 Å². The summed E-state index contributed by atoms with van der Waals surface area (Å²) in [6, 6.07) is 10.6. The number of ether oxygens (including phenoxy) is 1. The summed E-state index contributed by atoms with van der Waals surface area (Å²) in [5.41, 5.74) is 1.79. The van der Waals surface area contributed by atoms with Gasteiger partial charge < -0.3 is 10.1 Å². The van der Waals surface area contributed by atoms with Gasteiger partial charge in [-0.2, -0.15) is 8.78 Å². The number of hydrogen-bond donors (Lipinski definition) is 1. The maximum absolute atomic E-state index is 12.0. The van der Waals surface area contributed by atoms with Crippen LogP contribution in [0.1, 0.15) is 15.9 Å². The van der Waals surface area contributed by atoms with E-state index in [-0.39, 0.29) is 11.7 Å². The maximum Gasteiger partial charge on any atom is 0.387 e. The standard InChI is InChI=1S/C15H12ClF2NO2/c1-9-2-5-11(8-13(9)16)19-14(20)10-3-6-12(7-4-10)21-15(17)18/h2-8,15H,1H3,(H,19,20). The van der Waals surface area contributed by atoms with Crippen molar-refractivity contribution in [1.29, 1.82) is 0 Å². The fourth-order valence-corrected chi connectivity index (χ4v) is 1.84. The summed E-state index contributed by atoms with van der Waals surface area (Å²) in [4.78, 5) is 12.0. The van der Waals surface area contributed by atoms with Crippen molar-refractivity contribution in [3.8, 4) is 5.75 Å². The third-order valence-corrected chi connectivity index (χ3v) is 3.18. The second-order valence-corrected chi connectivity index (χ2v) is 4.73. The van der Waals surface area contributed by atoms with Gasteiger partial charge in [-0.1, -0.05) is 17.7 Å². The van der Waals surface area contributed by atoms with Gasteiger partial charge in [0, 0.05) is 16.3 Å². The van der Waals surface area contributed by atoms with E-state index < -0.39 is 6.61 Å². The largest absolute Gasteiger partial charge is 0.435 e. The second kappa shape index (κ2) is 6.54. The predicted octanol–water partition coefficient (Wildman–Crippen LogP) is 4.50. The van der Waals surface area contributed by atoms with Gasteiger partial charge in [0.2, 0.25) is 0 Å². The molecule has 0 unspecified atom stereocenters. The number of carbonyl (C=O) groups is 1. The zero-order valence-corrected chi connectivity index (χ0v) is 11.8. The first-order valence-corrected chi connectivity index (χ1v) is 6.46. The summed E-state index contributed by atoms with van der Waals surface area (Å²) in [5.74, 6) is -0.363. The lowest BCUT2D eigenvalue weighted by atomic mass is 10.2. The van der Waals surface area contributed by atoms with Gasteiger partial charge in [-0.3, -0.25) is 4.79 Å². The van der Waals surface area contributed by atoms with E-state index in [1.54, 1.807) is 18.2 Å². The van der Waals surface area contributed by atoms with Crippen molar-refractivity contribution in [1.82, 2.24) is 0 Å². The van der Waals surface area contributed by atoms with E-state index in [0.717, 1.165) is 5.56 Å². The molecule has 21 heavy (non-hydrogen) atoms. The Kier molecular flexibility index (Phi) is 4.75. The van der Waals surface area contributed by atoms with Crippen LogP contribution in [0, 0.1) is 6.92 Å². The fourth-order valence-electron chi connectivity index (χ4n) is 1.66. The summed E-state index contributed by atoms with van der Waals surface area (Å²) in [5, 5.41) is 3.22.